The van der Waals surface area contributed by atoms with Crippen molar-refractivity contribution in [3.63, 3.8) is 0 Å². The number of ether oxygens (including phenoxy) is 2. The van der Waals surface area contributed by atoms with Crippen LogP contribution in [0.1, 0.15) is 31.6 Å². The minimum Gasteiger partial charge on any atom is -0.455 e. The van der Waals surface area contributed by atoms with Crippen LogP contribution in [0.2, 0.25) is 0 Å². The Kier molecular flexibility index (Phi) is 5.13. The van der Waals surface area contributed by atoms with Crippen molar-refractivity contribution in [3.05, 3.63) is 18.1 Å². The zero-order chi connectivity index (χ0) is 21.6. The second kappa shape index (κ2) is 7.63. The Morgan fingerprint density at radius 2 is 2.10 bits per heavy atom. The van der Waals surface area contributed by atoms with Crippen molar-refractivity contribution in [2.75, 3.05) is 18.7 Å². The number of nitrogens with two attached hydrogens (primary N) is 1. The maximum atomic E-state index is 12.2. The van der Waals surface area contributed by atoms with E-state index in [1.165, 1.54) is 18.3 Å². The lowest BCUT2D eigenvalue weighted by Gasteiger charge is -2.22. The van der Waals surface area contributed by atoms with E-state index in [2.05, 4.69) is 15.1 Å². The minimum absolute atomic E-state index is 0.0309. The number of aromatic nitrogens is 3. The number of carbonyl (C=O) groups excluding carboxylic acids is 2. The number of nitrogens with zero attached hydrogens (tertiary/aromatic N) is 5. The predicted molar refractivity (Wildman–Crippen MR) is 103 cm³/mol. The molecule has 30 heavy (non-hydrogen) atoms. The van der Waals surface area contributed by atoms with Crippen molar-refractivity contribution < 1.29 is 29.3 Å². The molecule has 1 fully saturated rings. The van der Waals surface area contributed by atoms with Crippen LogP contribution in [0.3, 0.4) is 0 Å². The number of hydrazone groups is 1. The Hall–Kier alpha value is -3.09. The summed E-state index contributed by atoms with van der Waals surface area (Å²) in [6.45, 7) is 0.901. The highest BCUT2D eigenvalue weighted by Gasteiger charge is 2.48. The van der Waals surface area contributed by atoms with Gasteiger partial charge in [0.2, 0.25) is 0 Å². The van der Waals surface area contributed by atoms with E-state index in [-0.39, 0.29) is 24.5 Å². The SMILES string of the molecule is CC(=O)CCC(=O)O[C@H]1C(O)[C@@H](CO)O[C@H]1n1cc2c3c(ncnc31)N(C)N=C2N. The van der Waals surface area contributed by atoms with E-state index >= 15 is 0 Å². The molecule has 4 N–H and O–H groups in total. The molecule has 0 aromatic carbocycles. The monoisotopic (exact) mass is 418 g/mol. The van der Waals surface area contributed by atoms with Gasteiger partial charge in [0.05, 0.1) is 18.4 Å². The summed E-state index contributed by atoms with van der Waals surface area (Å²) in [5.41, 5.74) is 7.08. The van der Waals surface area contributed by atoms with Gasteiger partial charge in [-0.2, -0.15) is 5.10 Å². The van der Waals surface area contributed by atoms with Crippen LogP contribution >= 0.6 is 0 Å². The van der Waals surface area contributed by atoms with Gasteiger partial charge in [-0.25, -0.2) is 15.0 Å². The summed E-state index contributed by atoms with van der Waals surface area (Å²) in [5.74, 6) is -0.0212. The third kappa shape index (κ3) is 3.28. The first-order valence-electron chi connectivity index (χ1n) is 9.38. The topological polar surface area (TPSA) is 165 Å². The number of ketones is 1. The van der Waals surface area contributed by atoms with E-state index in [0.717, 1.165) is 0 Å². The molecular formula is C18H22N6O6. The third-order valence-corrected chi connectivity index (χ3v) is 5.15. The molecule has 0 aliphatic carbocycles. The van der Waals surface area contributed by atoms with E-state index in [4.69, 9.17) is 15.2 Å². The number of amidine groups is 1. The van der Waals surface area contributed by atoms with Gasteiger partial charge in [-0.15, -0.1) is 0 Å². The van der Waals surface area contributed by atoms with Crippen molar-refractivity contribution in [1.29, 1.82) is 0 Å². The van der Waals surface area contributed by atoms with Gasteiger partial charge in [0.25, 0.3) is 0 Å². The maximum Gasteiger partial charge on any atom is 0.306 e. The second-order valence-corrected chi connectivity index (χ2v) is 7.25. The van der Waals surface area contributed by atoms with Crippen LogP contribution in [0.5, 0.6) is 0 Å². The summed E-state index contributed by atoms with van der Waals surface area (Å²) in [6.07, 6.45) is -1.44. The molecule has 2 aromatic heterocycles. The van der Waals surface area contributed by atoms with Gasteiger partial charge in [0.15, 0.2) is 24.0 Å². The Bertz CT molecular complexity index is 1040. The molecule has 2 aliphatic heterocycles. The Morgan fingerprint density at radius 1 is 1.33 bits per heavy atom. The molecule has 160 valence electrons. The molecule has 0 amide bonds. The Morgan fingerprint density at radius 3 is 2.80 bits per heavy atom. The van der Waals surface area contributed by atoms with E-state index in [0.29, 0.717) is 22.4 Å². The molecule has 0 bridgehead atoms. The lowest BCUT2D eigenvalue weighted by atomic mass is 10.1. The summed E-state index contributed by atoms with van der Waals surface area (Å²) in [5, 5.41) is 26.5. The highest BCUT2D eigenvalue weighted by molar-refractivity contribution is 6.13. The number of aliphatic hydroxyl groups is 2. The Labute approximate surface area is 170 Å². The number of hydrogen-bond donors (Lipinski definition) is 3. The Balaban J connectivity index is 1.73. The van der Waals surface area contributed by atoms with Crippen LogP contribution in [-0.4, -0.2) is 74.3 Å². The van der Waals surface area contributed by atoms with E-state index in [1.54, 1.807) is 17.8 Å². The third-order valence-electron chi connectivity index (χ3n) is 5.15. The normalized spacial score (nSPS) is 25.5. The van der Waals surface area contributed by atoms with Gasteiger partial charge in [0.1, 0.15) is 30.0 Å². The summed E-state index contributed by atoms with van der Waals surface area (Å²) in [6, 6.07) is 0. The summed E-state index contributed by atoms with van der Waals surface area (Å²) < 4.78 is 12.8. The largest absolute Gasteiger partial charge is 0.455 e. The lowest BCUT2D eigenvalue weighted by Crippen LogP contribution is -2.37. The number of rotatable bonds is 6. The zero-order valence-corrected chi connectivity index (χ0v) is 16.4. The number of esters is 1. The number of carbonyl (C=O) groups is 2. The van der Waals surface area contributed by atoms with E-state index in [1.807, 2.05) is 0 Å². The minimum atomic E-state index is -1.28. The molecule has 4 atom stereocenters. The van der Waals surface area contributed by atoms with Gasteiger partial charge in [-0.3, -0.25) is 4.79 Å². The van der Waals surface area contributed by atoms with Gasteiger partial charge in [-0.1, -0.05) is 0 Å². The lowest BCUT2D eigenvalue weighted by molar-refractivity contribution is -0.159. The van der Waals surface area contributed by atoms with Crippen LogP contribution in [-0.2, 0) is 19.1 Å². The molecule has 0 saturated carbocycles. The van der Waals surface area contributed by atoms with Crippen molar-refractivity contribution in [2.24, 2.45) is 10.8 Å². The van der Waals surface area contributed by atoms with Gasteiger partial charge in [-0.05, 0) is 6.92 Å². The van der Waals surface area contributed by atoms with Crippen LogP contribution in [0.25, 0.3) is 11.0 Å². The van der Waals surface area contributed by atoms with Crippen molar-refractivity contribution in [1.82, 2.24) is 14.5 Å². The van der Waals surface area contributed by atoms with Gasteiger partial charge >= 0.3 is 5.97 Å². The number of aliphatic hydroxyl groups excluding tert-OH is 2. The first-order valence-corrected chi connectivity index (χ1v) is 9.38. The highest BCUT2D eigenvalue weighted by Crippen LogP contribution is 2.38. The van der Waals surface area contributed by atoms with Crippen LogP contribution in [0.15, 0.2) is 17.6 Å². The highest BCUT2D eigenvalue weighted by atomic mass is 16.6. The predicted octanol–water partition coefficient (Wildman–Crippen LogP) is -0.967. The van der Waals surface area contributed by atoms with Crippen LogP contribution in [0.4, 0.5) is 5.82 Å². The molecule has 4 rings (SSSR count). The molecule has 4 heterocycles. The quantitative estimate of drug-likeness (QED) is 0.497. The zero-order valence-electron chi connectivity index (χ0n) is 16.4. The van der Waals surface area contributed by atoms with Crippen LogP contribution < -0.4 is 10.7 Å². The fourth-order valence-electron chi connectivity index (χ4n) is 3.67. The molecule has 12 heteroatoms. The first kappa shape index (κ1) is 20.2. The molecular weight excluding hydrogens is 396 g/mol. The molecule has 2 aliphatic rings. The summed E-state index contributed by atoms with van der Waals surface area (Å²) in [4.78, 5) is 31.9. The number of hydrogen-bond acceptors (Lipinski definition) is 11. The molecule has 2 aromatic rings. The second-order valence-electron chi connectivity index (χ2n) is 7.25. The smallest absolute Gasteiger partial charge is 0.306 e. The first-order chi connectivity index (χ1) is 14.3. The number of anilines is 1. The van der Waals surface area contributed by atoms with Crippen molar-refractivity contribution >= 4 is 34.4 Å². The average molecular weight is 418 g/mol. The fraction of sp³-hybridized carbons (Fsp3) is 0.500. The van der Waals surface area contributed by atoms with Crippen molar-refractivity contribution in [2.45, 2.75) is 44.3 Å². The summed E-state index contributed by atoms with van der Waals surface area (Å²) in [7, 11) is 1.70. The molecule has 1 unspecified atom stereocenters. The average Bonchev–Trinajstić information content (AvgIpc) is 3.24. The van der Waals surface area contributed by atoms with Gasteiger partial charge < -0.3 is 34.8 Å². The van der Waals surface area contributed by atoms with E-state index in [9.17, 15) is 19.8 Å². The fourth-order valence-corrected chi connectivity index (χ4v) is 3.67. The molecule has 0 radical (unpaired) electrons. The standard InChI is InChI=1S/C18H22N6O6/c1-8(26)3-4-11(27)30-14-13(28)10(6-25)29-18(14)24-5-9-12-16(20-7-21-17(12)24)23(2)22-15(9)19/h5,7,10,13-14,18,25,28H,3-4,6H2,1-2H3,(H2,19,22)/t10-,13?,14+,18-/m1/s1. The summed E-state index contributed by atoms with van der Waals surface area (Å²) >= 11 is 0. The van der Waals surface area contributed by atoms with E-state index < -0.39 is 37.1 Å². The maximum absolute atomic E-state index is 12.2. The van der Waals surface area contributed by atoms with Crippen LogP contribution in [0, 0.1) is 0 Å². The number of Topliss-reactive ketones (excluding diaryl/α,β-unsaturated/α-hetero) is 1. The van der Waals surface area contributed by atoms with Crippen molar-refractivity contribution in [3.8, 4) is 0 Å². The van der Waals surface area contributed by atoms with Gasteiger partial charge in [0, 0.05) is 25.2 Å². The molecule has 1 saturated heterocycles. The molecule has 0 spiro atoms. The molecule has 12 nitrogen and oxygen atoms in total.